The highest BCUT2D eigenvalue weighted by atomic mass is 35.5. The van der Waals surface area contributed by atoms with Gasteiger partial charge in [-0.25, -0.2) is 8.78 Å². The molecule has 5 nitrogen and oxygen atoms in total. The van der Waals surface area contributed by atoms with E-state index in [9.17, 15) is 13.6 Å². The summed E-state index contributed by atoms with van der Waals surface area (Å²) in [5, 5.41) is 0.354. The summed E-state index contributed by atoms with van der Waals surface area (Å²) in [5.41, 5.74) is 1.12. The van der Waals surface area contributed by atoms with Crippen molar-refractivity contribution in [3.8, 4) is 0 Å². The molecular weight excluding hydrogens is 364 g/mol. The molecule has 138 valence electrons. The smallest absolute Gasteiger partial charge is 0.248 e. The van der Waals surface area contributed by atoms with E-state index in [4.69, 9.17) is 16.3 Å². The predicted molar refractivity (Wildman–Crippen MR) is 94.1 cm³/mol. The summed E-state index contributed by atoms with van der Waals surface area (Å²) < 4.78 is 31.9. The molecule has 0 saturated carbocycles. The van der Waals surface area contributed by atoms with Crippen LogP contribution in [0.1, 0.15) is 5.56 Å². The van der Waals surface area contributed by atoms with Crippen LogP contribution >= 0.6 is 11.6 Å². The Kier molecular flexibility index (Phi) is 6.00. The van der Waals surface area contributed by atoms with E-state index < -0.39 is 5.82 Å². The van der Waals surface area contributed by atoms with Gasteiger partial charge in [-0.05, 0) is 24.3 Å². The van der Waals surface area contributed by atoms with Gasteiger partial charge in [0.1, 0.15) is 18.2 Å². The number of rotatable bonds is 5. The Bertz CT molecular complexity index is 783. The topological polar surface area (TPSA) is 45.7 Å². The lowest BCUT2D eigenvalue weighted by atomic mass is 10.2. The molecule has 1 fully saturated rings. The summed E-state index contributed by atoms with van der Waals surface area (Å²) in [7, 11) is 0. The van der Waals surface area contributed by atoms with Crippen LogP contribution in [0.3, 0.4) is 0 Å². The molecule has 3 rings (SSSR count). The zero-order chi connectivity index (χ0) is 18.5. The third kappa shape index (κ3) is 4.47. The lowest BCUT2D eigenvalue weighted by Gasteiger charge is -2.36. The number of pyridine rings is 1. The van der Waals surface area contributed by atoms with Crippen LogP contribution in [-0.4, -0.2) is 48.6 Å². The molecule has 0 bridgehead atoms. The molecule has 0 spiro atoms. The molecule has 2 heterocycles. The minimum absolute atomic E-state index is 0.0191. The van der Waals surface area contributed by atoms with Crippen molar-refractivity contribution < 1.29 is 18.3 Å². The highest BCUT2D eigenvalue weighted by Gasteiger charge is 2.22. The molecule has 8 heteroatoms. The van der Waals surface area contributed by atoms with Crippen molar-refractivity contribution in [2.75, 3.05) is 37.7 Å². The number of hydrogen-bond donors (Lipinski definition) is 0. The van der Waals surface area contributed by atoms with Crippen molar-refractivity contribution in [1.29, 1.82) is 0 Å². The van der Waals surface area contributed by atoms with E-state index in [0.29, 0.717) is 36.8 Å². The van der Waals surface area contributed by atoms with Crippen LogP contribution < -0.4 is 4.90 Å². The second-order valence-corrected chi connectivity index (χ2v) is 6.33. The van der Waals surface area contributed by atoms with E-state index in [1.807, 2.05) is 4.90 Å². The number of hydrogen-bond acceptors (Lipinski definition) is 4. The zero-order valence-electron chi connectivity index (χ0n) is 14.0. The molecule has 1 amide bonds. The van der Waals surface area contributed by atoms with Gasteiger partial charge in [-0.3, -0.25) is 9.78 Å². The maximum atomic E-state index is 13.5. The number of aromatic nitrogens is 1. The Morgan fingerprint density at radius 2 is 1.96 bits per heavy atom. The Morgan fingerprint density at radius 1 is 1.19 bits per heavy atom. The van der Waals surface area contributed by atoms with Crippen molar-refractivity contribution >= 4 is 23.2 Å². The molecule has 0 radical (unpaired) electrons. The van der Waals surface area contributed by atoms with Gasteiger partial charge in [0.05, 0.1) is 23.5 Å². The molecule has 0 unspecified atom stereocenters. The Hall–Kier alpha value is -2.25. The SMILES string of the molecule is O=C(COCc1ccncc1F)N1CCN(c2ccc(F)cc2Cl)CC1. The Morgan fingerprint density at radius 3 is 2.65 bits per heavy atom. The minimum Gasteiger partial charge on any atom is -0.367 e. The third-order valence-corrected chi connectivity index (χ3v) is 4.53. The summed E-state index contributed by atoms with van der Waals surface area (Å²) in [6.07, 6.45) is 2.59. The highest BCUT2D eigenvalue weighted by Crippen LogP contribution is 2.27. The van der Waals surface area contributed by atoms with Gasteiger partial charge < -0.3 is 14.5 Å². The first-order chi connectivity index (χ1) is 12.5. The molecule has 1 aromatic heterocycles. The maximum Gasteiger partial charge on any atom is 0.248 e. The van der Waals surface area contributed by atoms with Gasteiger partial charge in [0, 0.05) is 37.9 Å². The molecule has 0 N–H and O–H groups in total. The van der Waals surface area contributed by atoms with Gasteiger partial charge in [0.2, 0.25) is 5.91 Å². The molecular formula is C18H18ClF2N3O2. The summed E-state index contributed by atoms with van der Waals surface area (Å²) >= 11 is 6.08. The molecule has 2 aromatic rings. The zero-order valence-corrected chi connectivity index (χ0v) is 14.8. The average molecular weight is 382 g/mol. The normalized spacial score (nSPS) is 14.6. The fourth-order valence-electron chi connectivity index (χ4n) is 2.80. The van der Waals surface area contributed by atoms with E-state index in [2.05, 4.69) is 4.98 Å². The second-order valence-electron chi connectivity index (χ2n) is 5.92. The summed E-state index contributed by atoms with van der Waals surface area (Å²) in [6, 6.07) is 5.80. The van der Waals surface area contributed by atoms with Crippen LogP contribution in [0.5, 0.6) is 0 Å². The largest absolute Gasteiger partial charge is 0.367 e. The monoisotopic (exact) mass is 381 g/mol. The van der Waals surface area contributed by atoms with Crippen molar-refractivity contribution in [2.24, 2.45) is 0 Å². The van der Waals surface area contributed by atoms with Gasteiger partial charge in [-0.2, -0.15) is 0 Å². The number of ether oxygens (including phenoxy) is 1. The van der Waals surface area contributed by atoms with Crippen LogP contribution in [0.4, 0.5) is 14.5 Å². The minimum atomic E-state index is -0.454. The quantitative estimate of drug-likeness (QED) is 0.799. The first kappa shape index (κ1) is 18.5. The molecule has 26 heavy (non-hydrogen) atoms. The van der Waals surface area contributed by atoms with Crippen LogP contribution in [0, 0.1) is 11.6 Å². The molecule has 1 aliphatic rings. The first-order valence-electron chi connectivity index (χ1n) is 8.18. The highest BCUT2D eigenvalue weighted by molar-refractivity contribution is 6.33. The Labute approximate surface area is 155 Å². The van der Waals surface area contributed by atoms with Crippen LogP contribution in [0.25, 0.3) is 0 Å². The van der Waals surface area contributed by atoms with Crippen LogP contribution in [0.15, 0.2) is 36.7 Å². The lowest BCUT2D eigenvalue weighted by molar-refractivity contribution is -0.136. The summed E-state index contributed by atoms with van der Waals surface area (Å²) in [4.78, 5) is 19.6. The van der Waals surface area contributed by atoms with Crippen LogP contribution in [-0.2, 0) is 16.1 Å². The van der Waals surface area contributed by atoms with Crippen LogP contribution in [0.2, 0.25) is 5.02 Å². The van der Waals surface area contributed by atoms with Crippen molar-refractivity contribution in [3.63, 3.8) is 0 Å². The van der Waals surface area contributed by atoms with Gasteiger partial charge in [-0.1, -0.05) is 11.6 Å². The fraction of sp³-hybridized carbons (Fsp3) is 0.333. The fourth-order valence-corrected chi connectivity index (χ4v) is 3.08. The van der Waals surface area contributed by atoms with E-state index in [1.54, 1.807) is 11.0 Å². The molecule has 0 aliphatic carbocycles. The van der Waals surface area contributed by atoms with E-state index >= 15 is 0 Å². The summed E-state index contributed by atoms with van der Waals surface area (Å²) in [5.74, 6) is -0.982. The molecule has 1 aromatic carbocycles. The average Bonchev–Trinajstić information content (AvgIpc) is 2.63. The molecule has 1 aliphatic heterocycles. The van der Waals surface area contributed by atoms with Crippen molar-refractivity contribution in [1.82, 2.24) is 9.88 Å². The number of nitrogens with zero attached hydrogens (tertiary/aromatic N) is 3. The second kappa shape index (κ2) is 8.42. The summed E-state index contributed by atoms with van der Waals surface area (Å²) in [6.45, 7) is 2.12. The molecule has 1 saturated heterocycles. The van der Waals surface area contributed by atoms with Crippen molar-refractivity contribution in [2.45, 2.75) is 6.61 Å². The van der Waals surface area contributed by atoms with Gasteiger partial charge >= 0.3 is 0 Å². The van der Waals surface area contributed by atoms with E-state index in [0.717, 1.165) is 11.9 Å². The Balaban J connectivity index is 1.47. The van der Waals surface area contributed by atoms with Gasteiger partial charge in [0.25, 0.3) is 0 Å². The number of halogens is 3. The number of carbonyl (C=O) groups is 1. The number of anilines is 1. The number of amides is 1. The van der Waals surface area contributed by atoms with Crippen molar-refractivity contribution in [3.05, 3.63) is 58.9 Å². The standard InChI is InChI=1S/C18H18ClF2N3O2/c19-15-9-14(20)1-2-17(15)23-5-7-24(8-6-23)18(25)12-26-11-13-3-4-22-10-16(13)21/h1-4,9-10H,5-8,11-12H2. The maximum absolute atomic E-state index is 13.5. The first-order valence-corrected chi connectivity index (χ1v) is 8.56. The molecule has 0 atom stereocenters. The number of carbonyl (C=O) groups excluding carboxylic acids is 1. The van der Waals surface area contributed by atoms with Gasteiger partial charge in [-0.15, -0.1) is 0 Å². The van der Waals surface area contributed by atoms with E-state index in [1.165, 1.54) is 24.4 Å². The number of benzene rings is 1. The predicted octanol–water partition coefficient (Wildman–Crippen LogP) is 2.88. The van der Waals surface area contributed by atoms with E-state index in [-0.39, 0.29) is 24.9 Å². The third-order valence-electron chi connectivity index (χ3n) is 4.22. The lowest BCUT2D eigenvalue weighted by Crippen LogP contribution is -2.49. The van der Waals surface area contributed by atoms with Gasteiger partial charge in [0.15, 0.2) is 0 Å². The number of piperazine rings is 1.